The van der Waals surface area contributed by atoms with E-state index in [1.165, 1.54) is 18.3 Å². The number of rotatable bonds is 11. The van der Waals surface area contributed by atoms with Crippen molar-refractivity contribution in [3.8, 4) is 0 Å². The standard InChI is InChI=1S/C24H23N3O7S2/c1-3-33-23(29)19-20(24(30)34-4-2)22(26-17(28)12-10-15-8-6-5-7-9-15)36-21(19)25-14-16-11-13-18(35-16)27(31)32/h5-9,11,13-14H,3-4,10,12H2,1-2H3,(H,26,28). The summed E-state index contributed by atoms with van der Waals surface area (Å²) in [5.41, 5.74) is 0.700. The predicted molar refractivity (Wildman–Crippen MR) is 138 cm³/mol. The molecule has 0 aliphatic rings. The maximum atomic E-state index is 12.8. The molecule has 36 heavy (non-hydrogen) atoms. The first kappa shape index (κ1) is 26.7. The highest BCUT2D eigenvalue weighted by molar-refractivity contribution is 7.21. The normalized spacial score (nSPS) is 10.8. The zero-order chi connectivity index (χ0) is 26.1. The fourth-order valence-electron chi connectivity index (χ4n) is 3.11. The zero-order valence-corrected chi connectivity index (χ0v) is 21.1. The molecule has 0 saturated heterocycles. The number of aryl methyl sites for hydroxylation is 1. The maximum Gasteiger partial charge on any atom is 0.342 e. The first-order chi connectivity index (χ1) is 17.3. The van der Waals surface area contributed by atoms with Gasteiger partial charge in [-0.25, -0.2) is 14.6 Å². The summed E-state index contributed by atoms with van der Waals surface area (Å²) in [5, 5.41) is 13.8. The minimum absolute atomic E-state index is 0.0514. The van der Waals surface area contributed by atoms with Gasteiger partial charge < -0.3 is 14.8 Å². The van der Waals surface area contributed by atoms with Gasteiger partial charge in [0.25, 0.3) is 0 Å². The van der Waals surface area contributed by atoms with Crippen molar-refractivity contribution in [3.05, 3.63) is 74.1 Å². The molecule has 1 N–H and O–H groups in total. The summed E-state index contributed by atoms with van der Waals surface area (Å²) in [6.07, 6.45) is 1.98. The number of nitro groups is 1. The van der Waals surface area contributed by atoms with E-state index in [1.54, 1.807) is 13.8 Å². The van der Waals surface area contributed by atoms with Crippen LogP contribution in [-0.4, -0.2) is 42.2 Å². The second-order valence-corrected chi connectivity index (χ2v) is 9.25. The Labute approximate surface area is 214 Å². The number of nitrogens with zero attached hydrogens (tertiary/aromatic N) is 2. The van der Waals surface area contributed by atoms with Crippen LogP contribution >= 0.6 is 22.7 Å². The molecule has 0 bridgehead atoms. The van der Waals surface area contributed by atoms with E-state index in [1.807, 2.05) is 30.3 Å². The Bertz CT molecular complexity index is 1280. The van der Waals surface area contributed by atoms with Crippen molar-refractivity contribution < 1.29 is 28.8 Å². The van der Waals surface area contributed by atoms with E-state index >= 15 is 0 Å². The molecule has 2 heterocycles. The number of amides is 1. The molecular weight excluding hydrogens is 506 g/mol. The van der Waals surface area contributed by atoms with E-state index in [4.69, 9.17) is 9.47 Å². The van der Waals surface area contributed by atoms with Gasteiger partial charge in [0.05, 0.1) is 23.0 Å². The summed E-state index contributed by atoms with van der Waals surface area (Å²) in [5.74, 6) is -1.96. The van der Waals surface area contributed by atoms with E-state index in [2.05, 4.69) is 10.3 Å². The van der Waals surface area contributed by atoms with Gasteiger partial charge in [-0.3, -0.25) is 14.9 Å². The number of anilines is 1. The molecule has 2 aromatic heterocycles. The number of thiophene rings is 2. The van der Waals surface area contributed by atoms with Gasteiger partial charge in [0.15, 0.2) is 0 Å². The van der Waals surface area contributed by atoms with Gasteiger partial charge in [-0.05, 0) is 31.9 Å². The molecule has 0 unspecified atom stereocenters. The molecule has 0 atom stereocenters. The molecule has 188 valence electrons. The van der Waals surface area contributed by atoms with Crippen LogP contribution in [0.25, 0.3) is 0 Å². The number of ether oxygens (including phenoxy) is 2. The number of esters is 2. The molecule has 0 saturated carbocycles. The molecule has 0 aliphatic heterocycles. The first-order valence-corrected chi connectivity index (χ1v) is 12.6. The van der Waals surface area contributed by atoms with Gasteiger partial charge in [0.1, 0.15) is 21.1 Å². The Morgan fingerprint density at radius 2 is 1.67 bits per heavy atom. The highest BCUT2D eigenvalue weighted by atomic mass is 32.1. The van der Waals surface area contributed by atoms with Crippen LogP contribution in [0.5, 0.6) is 0 Å². The number of carbonyl (C=O) groups is 3. The third kappa shape index (κ3) is 6.83. The summed E-state index contributed by atoms with van der Waals surface area (Å²) >= 11 is 1.82. The molecule has 1 amide bonds. The monoisotopic (exact) mass is 529 g/mol. The van der Waals surface area contributed by atoms with E-state index in [0.717, 1.165) is 28.2 Å². The third-order valence-electron chi connectivity index (χ3n) is 4.69. The third-order valence-corrected chi connectivity index (χ3v) is 6.67. The number of benzene rings is 1. The Balaban J connectivity index is 1.96. The molecular formula is C24H23N3O7S2. The van der Waals surface area contributed by atoms with Gasteiger partial charge in [0, 0.05) is 18.7 Å². The molecule has 0 spiro atoms. The lowest BCUT2D eigenvalue weighted by molar-refractivity contribution is -0.380. The summed E-state index contributed by atoms with van der Waals surface area (Å²) < 4.78 is 10.3. The number of aliphatic imine (C=N–C) groups is 1. The van der Waals surface area contributed by atoms with Crippen LogP contribution in [0.3, 0.4) is 0 Å². The fraction of sp³-hybridized carbons (Fsp3) is 0.250. The van der Waals surface area contributed by atoms with Crippen molar-refractivity contribution in [2.45, 2.75) is 26.7 Å². The van der Waals surface area contributed by atoms with Gasteiger partial charge in [-0.2, -0.15) is 0 Å². The quantitative estimate of drug-likeness (QED) is 0.152. The number of carbonyl (C=O) groups excluding carboxylic acids is 3. The van der Waals surface area contributed by atoms with E-state index < -0.39 is 16.9 Å². The van der Waals surface area contributed by atoms with Crippen molar-refractivity contribution in [2.24, 2.45) is 4.99 Å². The Morgan fingerprint density at radius 3 is 2.28 bits per heavy atom. The second kappa shape index (κ2) is 12.7. The average Bonchev–Trinajstić information content (AvgIpc) is 3.47. The van der Waals surface area contributed by atoms with E-state index in [-0.39, 0.29) is 51.7 Å². The van der Waals surface area contributed by atoms with Crippen LogP contribution < -0.4 is 5.32 Å². The summed E-state index contributed by atoms with van der Waals surface area (Å²) in [6, 6.07) is 12.3. The predicted octanol–water partition coefficient (Wildman–Crippen LogP) is 5.39. The lowest BCUT2D eigenvalue weighted by atomic mass is 10.1. The van der Waals surface area contributed by atoms with Crippen LogP contribution in [0, 0.1) is 10.1 Å². The maximum absolute atomic E-state index is 12.8. The van der Waals surface area contributed by atoms with Crippen molar-refractivity contribution in [3.63, 3.8) is 0 Å². The molecule has 0 fully saturated rings. The van der Waals surface area contributed by atoms with Crippen LogP contribution in [0.4, 0.5) is 15.0 Å². The van der Waals surface area contributed by atoms with Gasteiger partial charge in [0.2, 0.25) is 5.91 Å². The van der Waals surface area contributed by atoms with Crippen LogP contribution in [0.2, 0.25) is 0 Å². The average molecular weight is 530 g/mol. The van der Waals surface area contributed by atoms with Gasteiger partial charge >= 0.3 is 16.9 Å². The Kier molecular flexibility index (Phi) is 9.42. The lowest BCUT2D eigenvalue weighted by Gasteiger charge is -2.08. The van der Waals surface area contributed by atoms with E-state index in [0.29, 0.717) is 11.3 Å². The van der Waals surface area contributed by atoms with E-state index in [9.17, 15) is 24.5 Å². The number of nitrogens with one attached hydrogen (secondary N) is 1. The zero-order valence-electron chi connectivity index (χ0n) is 19.5. The molecule has 3 rings (SSSR count). The Hall–Kier alpha value is -3.90. The summed E-state index contributed by atoms with van der Waals surface area (Å²) in [6.45, 7) is 3.34. The number of hydrogen-bond donors (Lipinski definition) is 1. The van der Waals surface area contributed by atoms with Gasteiger partial charge in [-0.1, -0.05) is 53.0 Å². The highest BCUT2D eigenvalue weighted by Gasteiger charge is 2.31. The minimum atomic E-state index is -0.802. The molecule has 0 aliphatic carbocycles. The highest BCUT2D eigenvalue weighted by Crippen LogP contribution is 2.41. The van der Waals surface area contributed by atoms with Crippen molar-refractivity contribution in [2.75, 3.05) is 18.5 Å². The second-order valence-electron chi connectivity index (χ2n) is 7.15. The number of hydrogen-bond acceptors (Lipinski definition) is 10. The SMILES string of the molecule is CCOC(=O)c1c(N=Cc2ccc([N+](=O)[O-])s2)sc(NC(=O)CCc2ccccc2)c1C(=O)OCC. The van der Waals surface area contributed by atoms with Crippen molar-refractivity contribution in [1.82, 2.24) is 0 Å². The van der Waals surface area contributed by atoms with Crippen molar-refractivity contribution >= 4 is 61.7 Å². The fourth-order valence-corrected chi connectivity index (χ4v) is 4.84. The van der Waals surface area contributed by atoms with Gasteiger partial charge in [-0.15, -0.1) is 0 Å². The van der Waals surface area contributed by atoms with Crippen LogP contribution in [0.15, 0.2) is 47.5 Å². The molecule has 0 radical (unpaired) electrons. The summed E-state index contributed by atoms with van der Waals surface area (Å²) in [7, 11) is 0. The minimum Gasteiger partial charge on any atom is -0.462 e. The first-order valence-electron chi connectivity index (χ1n) is 11.0. The molecule has 1 aromatic carbocycles. The topological polar surface area (TPSA) is 137 Å². The smallest absolute Gasteiger partial charge is 0.342 e. The molecule has 3 aromatic rings. The van der Waals surface area contributed by atoms with Crippen LogP contribution in [0.1, 0.15) is 51.4 Å². The van der Waals surface area contributed by atoms with Crippen molar-refractivity contribution in [1.29, 1.82) is 0 Å². The summed E-state index contributed by atoms with van der Waals surface area (Å²) in [4.78, 5) is 53.6. The molecule has 12 heteroatoms. The largest absolute Gasteiger partial charge is 0.462 e. The van der Waals surface area contributed by atoms with Crippen LogP contribution in [-0.2, 0) is 20.7 Å². The Morgan fingerprint density at radius 1 is 1.00 bits per heavy atom. The lowest BCUT2D eigenvalue weighted by Crippen LogP contribution is -2.17. The molecule has 10 nitrogen and oxygen atoms in total.